The van der Waals surface area contributed by atoms with Crippen LogP contribution in [0, 0.1) is 6.92 Å². The number of carbonyl (C=O) groups is 2. The van der Waals surface area contributed by atoms with E-state index in [2.05, 4.69) is 0 Å². The Morgan fingerprint density at radius 2 is 1.86 bits per heavy atom. The molecule has 0 aliphatic carbocycles. The van der Waals surface area contributed by atoms with E-state index in [1.54, 1.807) is 13.0 Å². The smallest absolute Gasteiger partial charge is 0.343 e. The van der Waals surface area contributed by atoms with Crippen LogP contribution >= 0.6 is 0 Å². The molecule has 0 fully saturated rings. The molecule has 0 spiro atoms. The topological polar surface area (TPSA) is 87.7 Å². The van der Waals surface area contributed by atoms with Crippen LogP contribution in [-0.2, 0) is 9.59 Å². The van der Waals surface area contributed by atoms with Gasteiger partial charge in [-0.05, 0) is 19.1 Å². The molecule has 5 heteroatoms. The standard InChI is InChI=1S/C9H8O5/c1-5-2-3-6(14-5)4-7(8(10)11)9(12)13/h2-4H,1H3,(H,10,11)(H,12,13). The zero-order valence-electron chi connectivity index (χ0n) is 7.35. The summed E-state index contributed by atoms with van der Waals surface area (Å²) in [6.45, 7) is 1.68. The van der Waals surface area contributed by atoms with Crippen molar-refractivity contribution in [3.8, 4) is 0 Å². The number of rotatable bonds is 3. The van der Waals surface area contributed by atoms with Crippen LogP contribution in [0.3, 0.4) is 0 Å². The van der Waals surface area contributed by atoms with E-state index >= 15 is 0 Å². The maximum Gasteiger partial charge on any atom is 0.343 e. The van der Waals surface area contributed by atoms with Crippen molar-refractivity contribution >= 4 is 18.0 Å². The van der Waals surface area contributed by atoms with Crippen molar-refractivity contribution in [1.29, 1.82) is 0 Å². The molecule has 0 bridgehead atoms. The van der Waals surface area contributed by atoms with Gasteiger partial charge in [0.05, 0.1) is 0 Å². The minimum absolute atomic E-state index is 0.210. The molecule has 0 radical (unpaired) electrons. The zero-order valence-corrected chi connectivity index (χ0v) is 7.35. The van der Waals surface area contributed by atoms with Gasteiger partial charge in [0.25, 0.3) is 0 Å². The molecular weight excluding hydrogens is 188 g/mol. The molecule has 0 atom stereocenters. The molecule has 5 nitrogen and oxygen atoms in total. The molecule has 1 heterocycles. The molecule has 0 aromatic carbocycles. The highest BCUT2D eigenvalue weighted by molar-refractivity contribution is 6.16. The maximum atomic E-state index is 10.5. The molecule has 0 amide bonds. The Morgan fingerprint density at radius 3 is 2.21 bits per heavy atom. The van der Waals surface area contributed by atoms with Crippen LogP contribution in [-0.4, -0.2) is 22.2 Å². The fourth-order valence-electron chi connectivity index (χ4n) is 0.888. The Balaban J connectivity index is 3.05. The Labute approximate surface area is 79.3 Å². The number of hydrogen-bond donors (Lipinski definition) is 2. The zero-order chi connectivity index (χ0) is 10.7. The van der Waals surface area contributed by atoms with Gasteiger partial charge >= 0.3 is 11.9 Å². The lowest BCUT2D eigenvalue weighted by molar-refractivity contribution is -0.140. The Hall–Kier alpha value is -2.04. The first kappa shape index (κ1) is 10.0. The Morgan fingerprint density at radius 1 is 1.29 bits per heavy atom. The number of carboxylic acid groups (broad SMARTS) is 2. The SMILES string of the molecule is Cc1ccc(C=C(C(=O)O)C(=O)O)o1. The first-order chi connectivity index (χ1) is 6.50. The predicted molar refractivity (Wildman–Crippen MR) is 46.7 cm³/mol. The van der Waals surface area contributed by atoms with Gasteiger partial charge in [0.1, 0.15) is 17.1 Å². The number of hydrogen-bond acceptors (Lipinski definition) is 3. The van der Waals surface area contributed by atoms with E-state index < -0.39 is 17.5 Å². The largest absolute Gasteiger partial charge is 0.477 e. The number of furan rings is 1. The Kier molecular flexibility index (Phi) is 2.71. The molecule has 0 aliphatic rings. The second-order valence-corrected chi connectivity index (χ2v) is 2.62. The predicted octanol–water partition coefficient (Wildman–Crippen LogP) is 1.14. The molecule has 1 rings (SSSR count). The number of aryl methyl sites for hydroxylation is 1. The maximum absolute atomic E-state index is 10.5. The van der Waals surface area contributed by atoms with E-state index in [0.29, 0.717) is 5.76 Å². The van der Waals surface area contributed by atoms with Crippen molar-refractivity contribution in [1.82, 2.24) is 0 Å². The second-order valence-electron chi connectivity index (χ2n) is 2.62. The van der Waals surface area contributed by atoms with E-state index in [0.717, 1.165) is 6.08 Å². The van der Waals surface area contributed by atoms with Gasteiger partial charge in [0, 0.05) is 6.08 Å². The first-order valence-electron chi connectivity index (χ1n) is 3.75. The van der Waals surface area contributed by atoms with Crippen LogP contribution in [0.15, 0.2) is 22.1 Å². The van der Waals surface area contributed by atoms with Gasteiger partial charge in [-0.3, -0.25) is 0 Å². The Bertz CT molecular complexity index is 383. The molecule has 74 valence electrons. The van der Waals surface area contributed by atoms with Gasteiger partial charge < -0.3 is 14.6 Å². The lowest BCUT2D eigenvalue weighted by atomic mass is 10.2. The third-order valence-corrected chi connectivity index (χ3v) is 1.51. The summed E-state index contributed by atoms with van der Waals surface area (Å²) in [6.07, 6.45) is 0.970. The lowest BCUT2D eigenvalue weighted by Crippen LogP contribution is -2.10. The fraction of sp³-hybridized carbons (Fsp3) is 0.111. The summed E-state index contributed by atoms with van der Waals surface area (Å²) in [5, 5.41) is 17.0. The summed E-state index contributed by atoms with van der Waals surface area (Å²) in [5.74, 6) is -2.19. The summed E-state index contributed by atoms with van der Waals surface area (Å²) in [6, 6.07) is 3.12. The number of carboxylic acids is 2. The van der Waals surface area contributed by atoms with Gasteiger partial charge in [-0.2, -0.15) is 0 Å². The monoisotopic (exact) mass is 196 g/mol. The first-order valence-corrected chi connectivity index (χ1v) is 3.75. The minimum atomic E-state index is -1.49. The summed E-state index contributed by atoms with van der Waals surface area (Å²) in [5.41, 5.74) is -0.723. The van der Waals surface area contributed by atoms with E-state index in [9.17, 15) is 9.59 Å². The highest BCUT2D eigenvalue weighted by Crippen LogP contribution is 2.11. The quantitative estimate of drug-likeness (QED) is 0.430. The summed E-state index contributed by atoms with van der Waals surface area (Å²) < 4.78 is 5.01. The minimum Gasteiger partial charge on any atom is -0.477 e. The third kappa shape index (κ3) is 2.22. The second kappa shape index (κ2) is 3.78. The van der Waals surface area contributed by atoms with E-state index in [-0.39, 0.29) is 5.76 Å². The van der Waals surface area contributed by atoms with Crippen LogP contribution in [0.4, 0.5) is 0 Å². The van der Waals surface area contributed by atoms with Crippen molar-refractivity contribution in [2.24, 2.45) is 0 Å². The van der Waals surface area contributed by atoms with Crippen LogP contribution in [0.1, 0.15) is 11.5 Å². The highest BCUT2D eigenvalue weighted by atomic mass is 16.4. The average molecular weight is 196 g/mol. The van der Waals surface area contributed by atoms with E-state index in [1.807, 2.05) is 0 Å². The molecule has 2 N–H and O–H groups in total. The average Bonchev–Trinajstić information content (AvgIpc) is 2.46. The van der Waals surface area contributed by atoms with Crippen LogP contribution in [0.25, 0.3) is 6.08 Å². The van der Waals surface area contributed by atoms with Crippen LogP contribution < -0.4 is 0 Å². The van der Waals surface area contributed by atoms with Crippen molar-refractivity contribution in [2.45, 2.75) is 6.92 Å². The van der Waals surface area contributed by atoms with E-state index in [4.69, 9.17) is 14.6 Å². The molecule has 0 saturated carbocycles. The molecule has 0 aliphatic heterocycles. The normalized spacial score (nSPS) is 9.50. The van der Waals surface area contributed by atoms with E-state index in [1.165, 1.54) is 6.07 Å². The van der Waals surface area contributed by atoms with Gasteiger partial charge in [0.15, 0.2) is 0 Å². The summed E-state index contributed by atoms with van der Waals surface area (Å²) in [4.78, 5) is 20.9. The lowest BCUT2D eigenvalue weighted by Gasteiger charge is -1.92. The third-order valence-electron chi connectivity index (χ3n) is 1.51. The van der Waals surface area contributed by atoms with Crippen LogP contribution in [0.5, 0.6) is 0 Å². The van der Waals surface area contributed by atoms with Crippen molar-refractivity contribution in [3.05, 3.63) is 29.2 Å². The van der Waals surface area contributed by atoms with Crippen molar-refractivity contribution in [3.63, 3.8) is 0 Å². The van der Waals surface area contributed by atoms with Crippen molar-refractivity contribution < 1.29 is 24.2 Å². The molecule has 0 unspecified atom stereocenters. The summed E-state index contributed by atoms with van der Waals surface area (Å²) in [7, 11) is 0. The van der Waals surface area contributed by atoms with Gasteiger partial charge in [-0.15, -0.1) is 0 Å². The molecule has 14 heavy (non-hydrogen) atoms. The molecule has 1 aromatic rings. The number of aliphatic carboxylic acids is 2. The van der Waals surface area contributed by atoms with Crippen LogP contribution in [0.2, 0.25) is 0 Å². The van der Waals surface area contributed by atoms with Crippen molar-refractivity contribution in [2.75, 3.05) is 0 Å². The van der Waals surface area contributed by atoms with Gasteiger partial charge in [0.2, 0.25) is 0 Å². The molecule has 1 aromatic heterocycles. The highest BCUT2D eigenvalue weighted by Gasteiger charge is 2.16. The van der Waals surface area contributed by atoms with Gasteiger partial charge in [-0.25, -0.2) is 9.59 Å². The fourth-order valence-corrected chi connectivity index (χ4v) is 0.888. The molecule has 0 saturated heterocycles. The summed E-state index contributed by atoms with van der Waals surface area (Å²) >= 11 is 0. The molecular formula is C9H8O5. The van der Waals surface area contributed by atoms with Gasteiger partial charge in [-0.1, -0.05) is 0 Å².